The minimum absolute atomic E-state index is 0.0501. The molecule has 2 N–H and O–H groups in total. The molecule has 1 heterocycles. The number of rotatable bonds is 3. The normalized spacial score (nSPS) is 28.3. The molecular weight excluding hydrogens is 221 g/mol. The van der Waals surface area contributed by atoms with E-state index in [1.54, 1.807) is 12.1 Å². The summed E-state index contributed by atoms with van der Waals surface area (Å²) < 4.78 is 18.0. The first-order chi connectivity index (χ1) is 8.02. The summed E-state index contributed by atoms with van der Waals surface area (Å²) in [6.07, 6.45) is 0.272. The van der Waals surface area contributed by atoms with Gasteiger partial charge in [0.15, 0.2) is 0 Å². The Morgan fingerprint density at radius 1 is 1.53 bits per heavy atom. The molecule has 1 fully saturated rings. The van der Waals surface area contributed by atoms with Crippen LogP contribution in [-0.4, -0.2) is 25.0 Å². The van der Waals surface area contributed by atoms with Gasteiger partial charge >= 0.3 is 0 Å². The van der Waals surface area contributed by atoms with Crippen molar-refractivity contribution >= 4 is 5.78 Å². The van der Waals surface area contributed by atoms with Crippen molar-refractivity contribution in [3.8, 4) is 0 Å². The van der Waals surface area contributed by atoms with Gasteiger partial charge in [0.25, 0.3) is 0 Å². The molecule has 0 bridgehead atoms. The van der Waals surface area contributed by atoms with Crippen LogP contribution in [-0.2, 0) is 16.0 Å². The first kappa shape index (κ1) is 12.2. The number of hydrogen-bond donors (Lipinski definition) is 1. The van der Waals surface area contributed by atoms with Crippen molar-refractivity contribution in [1.82, 2.24) is 0 Å². The maximum absolute atomic E-state index is 12.7. The second-order valence-electron chi connectivity index (χ2n) is 4.77. The van der Waals surface area contributed by atoms with Crippen molar-refractivity contribution < 1.29 is 13.9 Å². The summed E-state index contributed by atoms with van der Waals surface area (Å²) in [6, 6.07) is 5.71. The Kier molecular flexibility index (Phi) is 3.26. The van der Waals surface area contributed by atoms with Gasteiger partial charge in [0.05, 0.1) is 18.6 Å². The highest BCUT2D eigenvalue weighted by atomic mass is 19.1. The fourth-order valence-electron chi connectivity index (χ4n) is 1.97. The molecule has 0 aliphatic carbocycles. The van der Waals surface area contributed by atoms with Crippen LogP contribution in [0.25, 0.3) is 0 Å². The van der Waals surface area contributed by atoms with E-state index in [4.69, 9.17) is 10.5 Å². The summed E-state index contributed by atoms with van der Waals surface area (Å²) >= 11 is 0. The molecule has 1 aliphatic rings. The molecule has 1 aromatic rings. The zero-order valence-corrected chi connectivity index (χ0v) is 9.78. The van der Waals surface area contributed by atoms with E-state index in [2.05, 4.69) is 0 Å². The number of ketones is 1. The quantitative estimate of drug-likeness (QED) is 0.862. The summed E-state index contributed by atoms with van der Waals surface area (Å²) in [5, 5.41) is 0. The Bertz CT molecular complexity index is 418. The first-order valence-corrected chi connectivity index (χ1v) is 5.63. The minimum Gasteiger partial charge on any atom is -0.379 e. The Morgan fingerprint density at radius 2 is 2.18 bits per heavy atom. The van der Waals surface area contributed by atoms with Gasteiger partial charge in [-0.1, -0.05) is 12.1 Å². The third-order valence-corrected chi connectivity index (χ3v) is 3.43. The van der Waals surface area contributed by atoms with Gasteiger partial charge in [-0.3, -0.25) is 4.79 Å². The monoisotopic (exact) mass is 237 g/mol. The van der Waals surface area contributed by atoms with Crippen LogP contribution in [0.2, 0.25) is 0 Å². The molecule has 0 radical (unpaired) electrons. The average molecular weight is 237 g/mol. The van der Waals surface area contributed by atoms with Crippen LogP contribution >= 0.6 is 0 Å². The molecule has 2 atom stereocenters. The molecule has 0 aromatic heterocycles. The maximum atomic E-state index is 12.7. The second-order valence-corrected chi connectivity index (χ2v) is 4.77. The van der Waals surface area contributed by atoms with Crippen molar-refractivity contribution in [2.24, 2.45) is 11.1 Å². The topological polar surface area (TPSA) is 52.3 Å². The number of nitrogens with two attached hydrogens (primary N) is 1. The lowest BCUT2D eigenvalue weighted by Gasteiger charge is -2.25. The fraction of sp³-hybridized carbons (Fsp3) is 0.462. The van der Waals surface area contributed by atoms with E-state index in [0.717, 1.165) is 5.56 Å². The molecule has 92 valence electrons. The number of carbonyl (C=O) groups is 1. The van der Waals surface area contributed by atoms with E-state index in [0.29, 0.717) is 13.2 Å². The maximum Gasteiger partial charge on any atom is 0.147 e. The molecule has 1 saturated heterocycles. The number of hydrogen-bond acceptors (Lipinski definition) is 3. The number of Topliss-reactive ketones (excluding diaryl/α,β-unsaturated/α-hetero) is 1. The van der Waals surface area contributed by atoms with E-state index < -0.39 is 5.41 Å². The summed E-state index contributed by atoms with van der Waals surface area (Å²) in [4.78, 5) is 12.2. The van der Waals surface area contributed by atoms with E-state index >= 15 is 0 Å². The van der Waals surface area contributed by atoms with Gasteiger partial charge < -0.3 is 10.5 Å². The molecule has 3 nitrogen and oxygen atoms in total. The first-order valence-electron chi connectivity index (χ1n) is 5.63. The highest BCUT2D eigenvalue weighted by molar-refractivity contribution is 5.87. The summed E-state index contributed by atoms with van der Waals surface area (Å²) in [5.41, 5.74) is 6.07. The third kappa shape index (κ3) is 2.37. The molecule has 1 aliphatic heterocycles. The average Bonchev–Trinajstić information content (AvgIpc) is 2.64. The van der Waals surface area contributed by atoms with Crippen LogP contribution in [0, 0.1) is 11.2 Å². The van der Waals surface area contributed by atoms with Gasteiger partial charge in [0, 0.05) is 12.5 Å². The Labute approximate surface area is 99.8 Å². The van der Waals surface area contributed by atoms with Gasteiger partial charge in [-0.25, -0.2) is 4.39 Å². The van der Waals surface area contributed by atoms with Gasteiger partial charge in [-0.05, 0) is 24.6 Å². The molecule has 0 saturated carbocycles. The van der Waals surface area contributed by atoms with Gasteiger partial charge in [-0.15, -0.1) is 0 Å². The number of carbonyl (C=O) groups excluding carboxylic acids is 1. The number of benzene rings is 1. The van der Waals surface area contributed by atoms with Crippen LogP contribution in [0.5, 0.6) is 0 Å². The molecule has 4 heteroatoms. The smallest absolute Gasteiger partial charge is 0.147 e. The predicted molar refractivity (Wildman–Crippen MR) is 62.0 cm³/mol. The van der Waals surface area contributed by atoms with Crippen molar-refractivity contribution in [2.45, 2.75) is 19.4 Å². The van der Waals surface area contributed by atoms with E-state index in [1.165, 1.54) is 12.1 Å². The third-order valence-electron chi connectivity index (χ3n) is 3.43. The fourth-order valence-corrected chi connectivity index (χ4v) is 1.97. The molecule has 17 heavy (non-hydrogen) atoms. The molecule has 0 spiro atoms. The standard InChI is InChI=1S/C13H16FNO2/c1-13(8-17-7-11(13)15)12(16)6-9-2-4-10(14)5-3-9/h2-5,11H,6-8,15H2,1H3. The van der Waals surface area contributed by atoms with Crippen LogP contribution in [0.15, 0.2) is 24.3 Å². The van der Waals surface area contributed by atoms with Crippen molar-refractivity contribution in [1.29, 1.82) is 0 Å². The van der Waals surface area contributed by atoms with Gasteiger partial charge in [0.1, 0.15) is 11.6 Å². The van der Waals surface area contributed by atoms with Crippen molar-refractivity contribution in [3.63, 3.8) is 0 Å². The van der Waals surface area contributed by atoms with E-state index in [-0.39, 0.29) is 24.1 Å². The Hall–Kier alpha value is -1.26. The second kappa shape index (κ2) is 4.55. The summed E-state index contributed by atoms with van der Waals surface area (Å²) in [5.74, 6) is -0.248. The molecular formula is C13H16FNO2. The lowest BCUT2D eigenvalue weighted by molar-refractivity contribution is -0.127. The van der Waals surface area contributed by atoms with Crippen LogP contribution in [0.3, 0.4) is 0 Å². The van der Waals surface area contributed by atoms with Crippen LogP contribution < -0.4 is 5.73 Å². The molecule has 0 amide bonds. The highest BCUT2D eigenvalue weighted by Crippen LogP contribution is 2.29. The SMILES string of the molecule is CC1(C(=O)Cc2ccc(F)cc2)COCC1N. The van der Waals surface area contributed by atoms with Gasteiger partial charge in [0.2, 0.25) is 0 Å². The molecule has 1 aromatic carbocycles. The largest absolute Gasteiger partial charge is 0.379 e. The van der Waals surface area contributed by atoms with Gasteiger partial charge in [-0.2, -0.15) is 0 Å². The number of halogens is 1. The lowest BCUT2D eigenvalue weighted by atomic mass is 9.79. The molecule has 2 rings (SSSR count). The minimum atomic E-state index is -0.617. The Morgan fingerprint density at radius 3 is 2.71 bits per heavy atom. The summed E-state index contributed by atoms with van der Waals surface area (Å²) in [7, 11) is 0. The van der Waals surface area contributed by atoms with Crippen molar-refractivity contribution in [3.05, 3.63) is 35.6 Å². The zero-order chi connectivity index (χ0) is 12.5. The van der Waals surface area contributed by atoms with Crippen LogP contribution in [0.1, 0.15) is 12.5 Å². The lowest BCUT2D eigenvalue weighted by Crippen LogP contribution is -2.45. The van der Waals surface area contributed by atoms with E-state index in [9.17, 15) is 9.18 Å². The van der Waals surface area contributed by atoms with Crippen molar-refractivity contribution in [2.75, 3.05) is 13.2 Å². The van der Waals surface area contributed by atoms with E-state index in [1.807, 2.05) is 6.92 Å². The number of ether oxygens (including phenoxy) is 1. The summed E-state index contributed by atoms with van der Waals surface area (Å²) in [6.45, 7) is 2.62. The zero-order valence-electron chi connectivity index (χ0n) is 9.78. The predicted octanol–water partition coefficient (Wildman–Crippen LogP) is 1.30. The highest BCUT2D eigenvalue weighted by Gasteiger charge is 2.43. The van der Waals surface area contributed by atoms with Crippen LogP contribution in [0.4, 0.5) is 4.39 Å². The Balaban J connectivity index is 2.09. The molecule has 2 unspecified atom stereocenters.